The molecule has 1 aromatic carbocycles. The van der Waals surface area contributed by atoms with E-state index in [-0.39, 0.29) is 23.8 Å². The van der Waals surface area contributed by atoms with Gasteiger partial charge < -0.3 is 9.72 Å². The van der Waals surface area contributed by atoms with Gasteiger partial charge in [0.05, 0.1) is 22.9 Å². The number of ether oxygens (including phenoxy) is 1. The number of nitrogens with one attached hydrogen (secondary N) is 1. The molecule has 6 heteroatoms. The smallest absolute Gasteiger partial charge is 0.338 e. The lowest BCUT2D eigenvalue weighted by atomic mass is 10.1. The molecule has 0 spiro atoms. The van der Waals surface area contributed by atoms with Crippen molar-refractivity contribution in [3.63, 3.8) is 0 Å². The summed E-state index contributed by atoms with van der Waals surface area (Å²) in [6, 6.07) is 5.16. The number of aromatic nitrogens is 2. The molecule has 0 amide bonds. The maximum absolute atomic E-state index is 12.8. The number of benzene rings is 1. The van der Waals surface area contributed by atoms with Crippen molar-refractivity contribution < 1.29 is 14.3 Å². The fraction of sp³-hybridized carbons (Fsp3) is 0.316. The monoisotopic (exact) mass is 356 g/mol. The maximum atomic E-state index is 12.8. The molecule has 2 heterocycles. The molecule has 2 aromatic heterocycles. The number of nitrogens with zero attached hydrogens (tertiary/aromatic N) is 1. The molecule has 1 N–H and O–H groups in total. The lowest BCUT2D eigenvalue weighted by molar-refractivity contribution is 0.0378. The van der Waals surface area contributed by atoms with Crippen LogP contribution in [0.3, 0.4) is 0 Å². The molecule has 0 saturated heterocycles. The van der Waals surface area contributed by atoms with Gasteiger partial charge in [0, 0.05) is 22.5 Å². The first-order valence-electron chi connectivity index (χ1n) is 8.19. The molecule has 0 aliphatic heterocycles. The first kappa shape index (κ1) is 17.4. The highest BCUT2D eigenvalue weighted by molar-refractivity contribution is 7.12. The summed E-state index contributed by atoms with van der Waals surface area (Å²) in [4.78, 5) is 32.3. The molecule has 0 fully saturated rings. The molecule has 0 atom stereocenters. The highest BCUT2D eigenvalue weighted by atomic mass is 32.1. The van der Waals surface area contributed by atoms with Gasteiger partial charge in [-0.25, -0.2) is 9.78 Å². The minimum absolute atomic E-state index is 0.111. The van der Waals surface area contributed by atoms with Gasteiger partial charge in [0.25, 0.3) is 0 Å². The predicted octanol–water partition coefficient (Wildman–Crippen LogP) is 4.54. The summed E-state index contributed by atoms with van der Waals surface area (Å²) in [6.07, 6.45) is 1.49. The minimum atomic E-state index is -0.374. The van der Waals surface area contributed by atoms with E-state index in [2.05, 4.69) is 9.97 Å². The number of hydrogen-bond donors (Lipinski definition) is 1. The van der Waals surface area contributed by atoms with Crippen LogP contribution in [0.5, 0.6) is 0 Å². The lowest BCUT2D eigenvalue weighted by Gasteiger charge is -2.07. The number of carbonyl (C=O) groups excluding carboxylic acids is 2. The zero-order valence-electron chi connectivity index (χ0n) is 14.6. The lowest BCUT2D eigenvalue weighted by Crippen LogP contribution is -2.11. The fourth-order valence-corrected chi connectivity index (χ4v) is 3.43. The molecule has 0 aliphatic carbocycles. The van der Waals surface area contributed by atoms with Crippen LogP contribution in [0.1, 0.15) is 65.0 Å². The molecular weight excluding hydrogens is 336 g/mol. The van der Waals surface area contributed by atoms with E-state index in [1.807, 2.05) is 19.2 Å². The Kier molecular flexibility index (Phi) is 4.72. The van der Waals surface area contributed by atoms with E-state index in [1.165, 1.54) is 11.3 Å². The third-order valence-electron chi connectivity index (χ3n) is 3.81. The fourth-order valence-electron chi connectivity index (χ4n) is 2.49. The van der Waals surface area contributed by atoms with Crippen LogP contribution >= 0.6 is 11.3 Å². The van der Waals surface area contributed by atoms with E-state index in [4.69, 9.17) is 4.74 Å². The van der Waals surface area contributed by atoms with Gasteiger partial charge >= 0.3 is 5.97 Å². The van der Waals surface area contributed by atoms with Gasteiger partial charge in [-0.05, 0) is 31.9 Å². The van der Waals surface area contributed by atoms with Crippen molar-refractivity contribution in [1.82, 2.24) is 9.97 Å². The van der Waals surface area contributed by atoms with Crippen LogP contribution < -0.4 is 0 Å². The molecule has 0 unspecified atom stereocenters. The first-order valence-corrected chi connectivity index (χ1v) is 9.07. The molecule has 5 nitrogen and oxygen atoms in total. The predicted molar refractivity (Wildman–Crippen MR) is 98.5 cm³/mol. The molecule has 3 rings (SSSR count). The standard InChI is InChI=1S/C19H20N2O3S/c1-10(2)16-9-25-18(21-16)17(22)14-8-20-15-7-12(5-6-13(14)15)19(23)24-11(3)4/h5-11,20H,1-4H3. The maximum Gasteiger partial charge on any atom is 0.338 e. The van der Waals surface area contributed by atoms with Gasteiger partial charge in [0.1, 0.15) is 0 Å². The topological polar surface area (TPSA) is 72.1 Å². The third-order valence-corrected chi connectivity index (χ3v) is 4.67. The van der Waals surface area contributed by atoms with Gasteiger partial charge in [-0.1, -0.05) is 19.9 Å². The van der Waals surface area contributed by atoms with Crippen molar-refractivity contribution in [2.24, 2.45) is 0 Å². The number of fused-ring (bicyclic) bond motifs is 1. The van der Waals surface area contributed by atoms with E-state index in [1.54, 1.807) is 38.2 Å². The van der Waals surface area contributed by atoms with E-state index in [0.717, 1.165) is 16.6 Å². The van der Waals surface area contributed by atoms with E-state index >= 15 is 0 Å². The average molecular weight is 356 g/mol. The summed E-state index contributed by atoms with van der Waals surface area (Å²) in [7, 11) is 0. The number of thiazole rings is 1. The Morgan fingerprint density at radius 3 is 2.60 bits per heavy atom. The highest BCUT2D eigenvalue weighted by Gasteiger charge is 2.19. The van der Waals surface area contributed by atoms with E-state index in [0.29, 0.717) is 16.1 Å². The van der Waals surface area contributed by atoms with Crippen molar-refractivity contribution in [2.45, 2.75) is 39.7 Å². The summed E-state index contributed by atoms with van der Waals surface area (Å²) in [6.45, 7) is 7.71. The quantitative estimate of drug-likeness (QED) is 0.538. The van der Waals surface area contributed by atoms with Crippen molar-refractivity contribution in [3.8, 4) is 0 Å². The molecule has 0 bridgehead atoms. The van der Waals surface area contributed by atoms with Crippen LogP contribution in [-0.2, 0) is 4.74 Å². The van der Waals surface area contributed by atoms with Crippen LogP contribution in [0.2, 0.25) is 0 Å². The second-order valence-corrected chi connectivity index (χ2v) is 7.34. The number of rotatable bonds is 5. The van der Waals surface area contributed by atoms with Gasteiger partial charge in [0.15, 0.2) is 5.01 Å². The van der Waals surface area contributed by atoms with Crippen molar-refractivity contribution in [3.05, 3.63) is 51.6 Å². The highest BCUT2D eigenvalue weighted by Crippen LogP contribution is 2.25. The van der Waals surface area contributed by atoms with Gasteiger partial charge in [-0.3, -0.25) is 4.79 Å². The third kappa shape index (κ3) is 3.49. The van der Waals surface area contributed by atoms with Crippen molar-refractivity contribution in [1.29, 1.82) is 0 Å². The number of ketones is 1. The second kappa shape index (κ2) is 6.80. The number of esters is 1. The number of aromatic amines is 1. The normalized spacial score (nSPS) is 11.4. The van der Waals surface area contributed by atoms with E-state index < -0.39 is 0 Å². The van der Waals surface area contributed by atoms with E-state index in [9.17, 15) is 9.59 Å². The molecular formula is C19H20N2O3S. The van der Waals surface area contributed by atoms with Crippen LogP contribution in [0.25, 0.3) is 10.9 Å². The summed E-state index contributed by atoms with van der Waals surface area (Å²) in [5, 5.41) is 3.17. The zero-order chi connectivity index (χ0) is 18.1. The minimum Gasteiger partial charge on any atom is -0.459 e. The molecule has 0 radical (unpaired) electrons. The van der Waals surface area contributed by atoms with Crippen LogP contribution in [0.15, 0.2) is 29.8 Å². The molecule has 0 saturated carbocycles. The molecule has 130 valence electrons. The van der Waals surface area contributed by atoms with Gasteiger partial charge in [-0.15, -0.1) is 11.3 Å². The Labute approximate surface area is 150 Å². The zero-order valence-corrected chi connectivity index (χ0v) is 15.4. The SMILES string of the molecule is CC(C)OC(=O)c1ccc2c(C(=O)c3nc(C(C)C)cs3)c[nH]c2c1. The van der Waals surface area contributed by atoms with Crippen LogP contribution in [0.4, 0.5) is 0 Å². The summed E-state index contributed by atoms with van der Waals surface area (Å²) >= 11 is 1.36. The summed E-state index contributed by atoms with van der Waals surface area (Å²) < 4.78 is 5.21. The second-order valence-electron chi connectivity index (χ2n) is 6.48. The Bertz CT molecular complexity index is 937. The Balaban J connectivity index is 1.92. The first-order chi connectivity index (χ1) is 11.9. The summed E-state index contributed by atoms with van der Waals surface area (Å²) in [5.41, 5.74) is 2.66. The average Bonchev–Trinajstić information content (AvgIpc) is 3.20. The Hall–Kier alpha value is -2.47. The molecule has 0 aliphatic rings. The van der Waals surface area contributed by atoms with Crippen molar-refractivity contribution >= 4 is 34.0 Å². The summed E-state index contributed by atoms with van der Waals surface area (Å²) in [5.74, 6) is -0.197. The van der Waals surface area contributed by atoms with Crippen molar-refractivity contribution in [2.75, 3.05) is 0 Å². The Morgan fingerprint density at radius 1 is 1.20 bits per heavy atom. The van der Waals surface area contributed by atoms with Crippen LogP contribution in [-0.4, -0.2) is 27.8 Å². The molecule has 3 aromatic rings. The van der Waals surface area contributed by atoms with Gasteiger partial charge in [-0.2, -0.15) is 0 Å². The number of H-pyrrole nitrogens is 1. The Morgan fingerprint density at radius 2 is 1.96 bits per heavy atom. The molecule has 25 heavy (non-hydrogen) atoms. The van der Waals surface area contributed by atoms with Crippen LogP contribution in [0, 0.1) is 0 Å². The number of carbonyl (C=O) groups is 2. The largest absolute Gasteiger partial charge is 0.459 e. The van der Waals surface area contributed by atoms with Gasteiger partial charge in [0.2, 0.25) is 5.78 Å². The number of hydrogen-bond acceptors (Lipinski definition) is 5.